The van der Waals surface area contributed by atoms with Gasteiger partial charge in [-0.25, -0.2) is 9.48 Å². The van der Waals surface area contributed by atoms with E-state index < -0.39 is 6.09 Å². The van der Waals surface area contributed by atoms with Crippen LogP contribution in [-0.4, -0.2) is 80.8 Å². The number of ether oxygens (including phenoxy) is 2. The van der Waals surface area contributed by atoms with Crippen LogP contribution in [0.15, 0.2) is 36.5 Å². The first-order chi connectivity index (χ1) is 16.4. The quantitative estimate of drug-likeness (QED) is 0.684. The number of carbonyl (C=O) groups excluding carboxylic acids is 2. The average molecular weight is 474 g/mol. The minimum atomic E-state index is -0.450. The topological polar surface area (TPSA) is 110 Å². The summed E-state index contributed by atoms with van der Waals surface area (Å²) in [6.45, 7) is 5.42. The van der Waals surface area contributed by atoms with Crippen LogP contribution in [-0.2, 0) is 34.0 Å². The normalized spacial score (nSPS) is 20.6. The van der Waals surface area contributed by atoms with Crippen LogP contribution < -0.4 is 0 Å². The molecule has 3 atom stereocenters. The minimum Gasteiger partial charge on any atom is -0.445 e. The predicted octanol–water partition coefficient (Wildman–Crippen LogP) is 2.07. The smallest absolute Gasteiger partial charge is 0.409 e. The molecule has 2 heterocycles. The van der Waals surface area contributed by atoms with Gasteiger partial charge in [0, 0.05) is 32.5 Å². The molecule has 0 aliphatic carbocycles. The van der Waals surface area contributed by atoms with E-state index in [1.54, 1.807) is 22.8 Å². The summed E-state index contributed by atoms with van der Waals surface area (Å²) in [5.74, 6) is -0.129. The summed E-state index contributed by atoms with van der Waals surface area (Å²) in [5.41, 5.74) is 1.73. The summed E-state index contributed by atoms with van der Waals surface area (Å²) in [5, 5.41) is 17.8. The number of carbonyl (C=O) groups is 2. The molecule has 2 aromatic rings. The summed E-state index contributed by atoms with van der Waals surface area (Å²) < 4.78 is 13.4. The Bertz CT molecular complexity index is 921. The largest absolute Gasteiger partial charge is 0.445 e. The lowest BCUT2D eigenvalue weighted by atomic mass is 10.0. The number of aliphatic hydroxyl groups excluding tert-OH is 1. The third-order valence-electron chi connectivity index (χ3n) is 6.11. The summed E-state index contributed by atoms with van der Waals surface area (Å²) in [7, 11) is 1.67. The molecule has 1 aliphatic heterocycles. The van der Waals surface area contributed by atoms with Crippen molar-refractivity contribution in [2.75, 3.05) is 26.7 Å². The van der Waals surface area contributed by atoms with E-state index in [1.165, 1.54) is 4.90 Å². The summed E-state index contributed by atoms with van der Waals surface area (Å²) in [4.78, 5) is 28.8. The number of aliphatic hydroxyl groups is 1. The molecule has 1 N–H and O–H groups in total. The van der Waals surface area contributed by atoms with Crippen LogP contribution in [0.3, 0.4) is 0 Å². The van der Waals surface area contributed by atoms with Gasteiger partial charge >= 0.3 is 6.09 Å². The van der Waals surface area contributed by atoms with Crippen molar-refractivity contribution >= 4 is 12.0 Å². The molecule has 0 spiro atoms. The van der Waals surface area contributed by atoms with Crippen molar-refractivity contribution in [3.8, 4) is 0 Å². The van der Waals surface area contributed by atoms with Crippen molar-refractivity contribution in [1.82, 2.24) is 24.8 Å². The highest BCUT2D eigenvalue weighted by Crippen LogP contribution is 2.18. The van der Waals surface area contributed by atoms with Gasteiger partial charge in [0.25, 0.3) is 0 Å². The number of fused-ring (bicyclic) bond motifs is 1. The molecule has 10 heteroatoms. The van der Waals surface area contributed by atoms with Crippen LogP contribution in [0.4, 0.5) is 4.79 Å². The maximum atomic E-state index is 12.9. The Balaban J connectivity index is 1.71. The van der Waals surface area contributed by atoms with E-state index in [-0.39, 0.29) is 43.7 Å². The molecule has 0 radical (unpaired) electrons. The predicted molar refractivity (Wildman–Crippen MR) is 125 cm³/mol. The molecule has 186 valence electrons. The van der Waals surface area contributed by atoms with Crippen LogP contribution in [0.5, 0.6) is 0 Å². The molecule has 0 saturated carbocycles. The van der Waals surface area contributed by atoms with Crippen LogP contribution in [0.2, 0.25) is 0 Å². The van der Waals surface area contributed by atoms with Gasteiger partial charge in [0.15, 0.2) is 0 Å². The molecule has 10 nitrogen and oxygen atoms in total. The second kappa shape index (κ2) is 12.5. The van der Waals surface area contributed by atoms with E-state index in [1.807, 2.05) is 44.2 Å². The van der Waals surface area contributed by atoms with Gasteiger partial charge in [-0.3, -0.25) is 4.79 Å². The summed E-state index contributed by atoms with van der Waals surface area (Å²) in [6, 6.07) is 9.19. The van der Waals surface area contributed by atoms with Crippen molar-refractivity contribution in [3.63, 3.8) is 0 Å². The third-order valence-corrected chi connectivity index (χ3v) is 6.11. The Labute approximate surface area is 200 Å². The van der Waals surface area contributed by atoms with Crippen molar-refractivity contribution in [2.45, 2.75) is 58.6 Å². The fraction of sp³-hybridized carbons (Fsp3) is 0.583. The van der Waals surface area contributed by atoms with E-state index in [9.17, 15) is 14.7 Å². The third kappa shape index (κ3) is 7.01. The number of aryl methyl sites for hydroxylation is 1. The first-order valence-corrected chi connectivity index (χ1v) is 11.7. The van der Waals surface area contributed by atoms with Crippen LogP contribution in [0.25, 0.3) is 0 Å². The molecule has 2 amide bonds. The number of benzene rings is 1. The van der Waals surface area contributed by atoms with Crippen molar-refractivity contribution in [3.05, 3.63) is 47.8 Å². The van der Waals surface area contributed by atoms with E-state index in [0.29, 0.717) is 32.5 Å². The zero-order valence-corrected chi connectivity index (χ0v) is 20.2. The fourth-order valence-corrected chi connectivity index (χ4v) is 3.92. The van der Waals surface area contributed by atoms with Gasteiger partial charge in [0.1, 0.15) is 6.61 Å². The lowest BCUT2D eigenvalue weighted by molar-refractivity contribution is -0.136. The lowest BCUT2D eigenvalue weighted by Gasteiger charge is -2.35. The fourth-order valence-electron chi connectivity index (χ4n) is 3.92. The van der Waals surface area contributed by atoms with Gasteiger partial charge in [-0.1, -0.05) is 42.5 Å². The highest BCUT2D eigenvalue weighted by Gasteiger charge is 2.29. The number of likely N-dealkylation sites (N-methyl/N-ethyl adjacent to an activating group) is 1. The molecule has 0 bridgehead atoms. The first-order valence-electron chi connectivity index (χ1n) is 11.7. The van der Waals surface area contributed by atoms with Gasteiger partial charge in [-0.05, 0) is 18.9 Å². The van der Waals surface area contributed by atoms with Gasteiger partial charge in [0.05, 0.1) is 43.8 Å². The second-order valence-corrected chi connectivity index (χ2v) is 8.88. The second-order valence-electron chi connectivity index (χ2n) is 8.88. The van der Waals surface area contributed by atoms with Crippen LogP contribution in [0, 0.1) is 5.92 Å². The Morgan fingerprint density at radius 3 is 2.85 bits per heavy atom. The van der Waals surface area contributed by atoms with E-state index in [4.69, 9.17) is 9.47 Å². The maximum Gasteiger partial charge on any atom is 0.409 e. The van der Waals surface area contributed by atoms with E-state index in [0.717, 1.165) is 11.3 Å². The Kier molecular flexibility index (Phi) is 9.41. The number of amides is 2. The van der Waals surface area contributed by atoms with Gasteiger partial charge < -0.3 is 24.4 Å². The molecular formula is C24H35N5O5. The van der Waals surface area contributed by atoms with Gasteiger partial charge in [0.2, 0.25) is 5.91 Å². The summed E-state index contributed by atoms with van der Waals surface area (Å²) >= 11 is 0. The van der Waals surface area contributed by atoms with Crippen LogP contribution in [0.1, 0.15) is 37.9 Å². The molecule has 0 fully saturated rings. The monoisotopic (exact) mass is 473 g/mol. The number of nitrogens with zero attached hydrogens (tertiary/aromatic N) is 5. The average Bonchev–Trinajstić information content (AvgIpc) is 3.29. The molecule has 1 aromatic heterocycles. The zero-order chi connectivity index (χ0) is 24.5. The van der Waals surface area contributed by atoms with Crippen molar-refractivity contribution < 1.29 is 24.2 Å². The highest BCUT2D eigenvalue weighted by atomic mass is 16.6. The molecule has 34 heavy (non-hydrogen) atoms. The summed E-state index contributed by atoms with van der Waals surface area (Å²) in [6.07, 6.45) is 1.81. The molecule has 3 rings (SSSR count). The number of rotatable bonds is 6. The zero-order valence-electron chi connectivity index (χ0n) is 20.2. The molecular weight excluding hydrogens is 438 g/mol. The highest BCUT2D eigenvalue weighted by molar-refractivity contribution is 5.76. The Morgan fingerprint density at radius 2 is 2.12 bits per heavy atom. The van der Waals surface area contributed by atoms with E-state index in [2.05, 4.69) is 10.3 Å². The molecule has 1 aromatic carbocycles. The maximum absolute atomic E-state index is 12.9. The molecule has 0 unspecified atom stereocenters. The molecule has 0 saturated heterocycles. The van der Waals surface area contributed by atoms with Gasteiger partial charge in [-0.2, -0.15) is 0 Å². The van der Waals surface area contributed by atoms with E-state index >= 15 is 0 Å². The SMILES string of the molecule is C[C@H]1CN([C@@H](C)CO)C(=O)CCCn2nncc2CO[C@H]1CN(C)C(=O)OCc1ccccc1. The van der Waals surface area contributed by atoms with Crippen molar-refractivity contribution in [1.29, 1.82) is 0 Å². The number of aromatic nitrogens is 3. The first kappa shape index (κ1) is 25.6. The minimum absolute atomic E-state index is 0.0231. The Hall–Kier alpha value is -2.98. The number of hydrogen-bond acceptors (Lipinski definition) is 7. The number of hydrogen-bond donors (Lipinski definition) is 1. The molecule has 1 aliphatic rings. The van der Waals surface area contributed by atoms with Crippen molar-refractivity contribution in [2.24, 2.45) is 5.92 Å². The van der Waals surface area contributed by atoms with Crippen LogP contribution >= 0.6 is 0 Å². The van der Waals surface area contributed by atoms with Gasteiger partial charge in [-0.15, -0.1) is 5.10 Å². The lowest BCUT2D eigenvalue weighted by Crippen LogP contribution is -2.48. The standard InChI is InChI=1S/C24H35N5O5/c1-18-13-28(19(2)15-30)23(31)10-7-11-29-21(12-25-26-29)17-33-22(18)14-27(3)24(32)34-16-20-8-5-4-6-9-20/h4-6,8-9,12,18-19,22,30H,7,10-11,13-17H2,1-3H3/t18-,19-,22-/m0/s1. The Morgan fingerprint density at radius 1 is 1.35 bits per heavy atom.